The lowest BCUT2D eigenvalue weighted by Crippen LogP contribution is -1.99. The van der Waals surface area contributed by atoms with Crippen molar-refractivity contribution in [2.75, 3.05) is 34.4 Å². The van der Waals surface area contributed by atoms with E-state index >= 15 is 0 Å². The Morgan fingerprint density at radius 2 is 1.18 bits per heavy atom. The maximum Gasteiger partial charge on any atom is 0.0463 e. The van der Waals surface area contributed by atoms with Gasteiger partial charge in [-0.1, -0.05) is 13.8 Å². The Bertz CT molecular complexity index is 48.8. The fraction of sp³-hybridized carbons (Fsp3) is 1.00. The standard InChI is InChI=1S/C6H14O.C3H9N/c1-3-5-7-6-4-2;1-4(2)3/h3-6H2,1-2H3;1-3H3. The summed E-state index contributed by atoms with van der Waals surface area (Å²) in [6.45, 7) is 6.09. The Kier molecular flexibility index (Phi) is 15.4. The van der Waals surface area contributed by atoms with E-state index in [9.17, 15) is 0 Å². The molecule has 0 N–H and O–H groups in total. The Morgan fingerprint density at radius 3 is 1.36 bits per heavy atom. The fourth-order valence-corrected chi connectivity index (χ4v) is 0.391. The van der Waals surface area contributed by atoms with Crippen LogP contribution in [-0.2, 0) is 4.74 Å². The number of nitrogens with zero attached hydrogens (tertiary/aromatic N) is 1. The van der Waals surface area contributed by atoms with Crippen molar-refractivity contribution in [2.45, 2.75) is 26.7 Å². The minimum atomic E-state index is 0.924. The summed E-state index contributed by atoms with van der Waals surface area (Å²) in [4.78, 5) is 2.00. The topological polar surface area (TPSA) is 12.5 Å². The second kappa shape index (κ2) is 12.6. The second-order valence-corrected chi connectivity index (χ2v) is 2.95. The Balaban J connectivity index is 0. The molecule has 0 aliphatic rings. The predicted octanol–water partition coefficient (Wildman–Crippen LogP) is 2.00. The van der Waals surface area contributed by atoms with Gasteiger partial charge in [0.1, 0.15) is 0 Å². The molecule has 2 nitrogen and oxygen atoms in total. The fourth-order valence-electron chi connectivity index (χ4n) is 0.391. The average molecular weight is 161 g/mol. The summed E-state index contributed by atoms with van der Waals surface area (Å²) < 4.78 is 5.13. The average Bonchev–Trinajstić information content (AvgIpc) is 1.88. The molecule has 0 radical (unpaired) electrons. The molecule has 70 valence electrons. The monoisotopic (exact) mass is 161 g/mol. The minimum Gasteiger partial charge on any atom is -0.381 e. The molecule has 0 saturated carbocycles. The zero-order valence-electron chi connectivity index (χ0n) is 8.68. The third-order valence-electron chi connectivity index (χ3n) is 0.697. The lowest BCUT2D eigenvalue weighted by atomic mass is 10.5. The summed E-state index contributed by atoms with van der Waals surface area (Å²) >= 11 is 0. The van der Waals surface area contributed by atoms with Gasteiger partial charge < -0.3 is 9.64 Å². The molecule has 0 amide bonds. The molecule has 0 aliphatic carbocycles. The van der Waals surface area contributed by atoms with Gasteiger partial charge in [0.25, 0.3) is 0 Å². The van der Waals surface area contributed by atoms with Crippen LogP contribution in [0.15, 0.2) is 0 Å². The highest BCUT2D eigenvalue weighted by Gasteiger charge is 1.77. The maximum absolute atomic E-state index is 5.13. The van der Waals surface area contributed by atoms with Gasteiger partial charge in [-0.15, -0.1) is 0 Å². The molecule has 0 aromatic carbocycles. The second-order valence-electron chi connectivity index (χ2n) is 2.95. The highest BCUT2D eigenvalue weighted by molar-refractivity contribution is 4.25. The first-order chi connectivity index (χ1) is 5.15. The maximum atomic E-state index is 5.13. The van der Waals surface area contributed by atoms with Crippen molar-refractivity contribution in [3.05, 3.63) is 0 Å². The van der Waals surface area contributed by atoms with Crippen molar-refractivity contribution in [3.8, 4) is 0 Å². The van der Waals surface area contributed by atoms with Gasteiger partial charge in [0.15, 0.2) is 0 Å². The molecule has 0 fully saturated rings. The summed E-state index contributed by atoms with van der Waals surface area (Å²) in [6.07, 6.45) is 2.28. The van der Waals surface area contributed by atoms with Crippen molar-refractivity contribution >= 4 is 0 Å². The molecule has 0 aromatic heterocycles. The normalized spacial score (nSPS) is 9.27. The van der Waals surface area contributed by atoms with E-state index in [1.807, 2.05) is 26.0 Å². The molecule has 0 atom stereocenters. The van der Waals surface area contributed by atoms with Crippen LogP contribution in [0.25, 0.3) is 0 Å². The van der Waals surface area contributed by atoms with Gasteiger partial charge in [-0.25, -0.2) is 0 Å². The van der Waals surface area contributed by atoms with Crippen LogP contribution in [0, 0.1) is 0 Å². The first-order valence-corrected chi connectivity index (χ1v) is 4.33. The Hall–Kier alpha value is -0.0800. The van der Waals surface area contributed by atoms with Crippen LogP contribution in [0.5, 0.6) is 0 Å². The van der Waals surface area contributed by atoms with Crippen LogP contribution in [0.2, 0.25) is 0 Å². The van der Waals surface area contributed by atoms with Gasteiger partial charge in [0.05, 0.1) is 0 Å². The highest BCUT2D eigenvalue weighted by atomic mass is 16.5. The number of rotatable bonds is 4. The summed E-state index contributed by atoms with van der Waals surface area (Å²) in [7, 11) is 6.00. The van der Waals surface area contributed by atoms with E-state index in [0.717, 1.165) is 26.1 Å². The molecule has 0 bridgehead atoms. The van der Waals surface area contributed by atoms with E-state index in [2.05, 4.69) is 13.8 Å². The Labute approximate surface area is 71.5 Å². The molecule has 0 aliphatic heterocycles. The zero-order chi connectivity index (χ0) is 9.11. The van der Waals surface area contributed by atoms with E-state index in [1.54, 1.807) is 0 Å². The van der Waals surface area contributed by atoms with E-state index < -0.39 is 0 Å². The molecule has 0 spiro atoms. The molecule has 0 saturated heterocycles. The first-order valence-electron chi connectivity index (χ1n) is 4.33. The predicted molar refractivity (Wildman–Crippen MR) is 51.0 cm³/mol. The number of hydrogen-bond donors (Lipinski definition) is 0. The van der Waals surface area contributed by atoms with Gasteiger partial charge in [0.2, 0.25) is 0 Å². The SMILES string of the molecule is CCCOCCC.CN(C)C. The van der Waals surface area contributed by atoms with Gasteiger partial charge in [-0.2, -0.15) is 0 Å². The van der Waals surface area contributed by atoms with Crippen LogP contribution in [0.1, 0.15) is 26.7 Å². The van der Waals surface area contributed by atoms with Crippen LogP contribution in [-0.4, -0.2) is 39.3 Å². The van der Waals surface area contributed by atoms with Gasteiger partial charge >= 0.3 is 0 Å². The molecular weight excluding hydrogens is 138 g/mol. The highest BCUT2D eigenvalue weighted by Crippen LogP contribution is 1.81. The van der Waals surface area contributed by atoms with E-state index in [1.165, 1.54) is 0 Å². The van der Waals surface area contributed by atoms with Gasteiger partial charge in [-0.3, -0.25) is 0 Å². The molecule has 0 heterocycles. The van der Waals surface area contributed by atoms with Crippen LogP contribution < -0.4 is 0 Å². The molecule has 0 rings (SSSR count). The van der Waals surface area contributed by atoms with Crippen LogP contribution >= 0.6 is 0 Å². The third-order valence-corrected chi connectivity index (χ3v) is 0.697. The minimum absolute atomic E-state index is 0.924. The summed E-state index contributed by atoms with van der Waals surface area (Å²) in [6, 6.07) is 0. The summed E-state index contributed by atoms with van der Waals surface area (Å²) in [5, 5.41) is 0. The molecule has 2 heteroatoms. The number of ether oxygens (including phenoxy) is 1. The zero-order valence-corrected chi connectivity index (χ0v) is 8.68. The van der Waals surface area contributed by atoms with Crippen molar-refractivity contribution in [1.29, 1.82) is 0 Å². The van der Waals surface area contributed by atoms with E-state index in [0.29, 0.717) is 0 Å². The largest absolute Gasteiger partial charge is 0.381 e. The lowest BCUT2D eigenvalue weighted by Gasteiger charge is -1.95. The first kappa shape index (κ1) is 13.5. The molecule has 0 unspecified atom stereocenters. The van der Waals surface area contributed by atoms with Crippen LogP contribution in [0.4, 0.5) is 0 Å². The van der Waals surface area contributed by atoms with Crippen molar-refractivity contribution < 1.29 is 4.74 Å². The van der Waals surface area contributed by atoms with Crippen molar-refractivity contribution in [3.63, 3.8) is 0 Å². The molecule has 11 heavy (non-hydrogen) atoms. The summed E-state index contributed by atoms with van der Waals surface area (Å²) in [5.74, 6) is 0. The van der Waals surface area contributed by atoms with E-state index in [4.69, 9.17) is 4.74 Å². The Morgan fingerprint density at radius 1 is 0.909 bits per heavy atom. The van der Waals surface area contributed by atoms with Crippen molar-refractivity contribution in [1.82, 2.24) is 4.90 Å². The van der Waals surface area contributed by atoms with Crippen LogP contribution in [0.3, 0.4) is 0 Å². The van der Waals surface area contributed by atoms with Gasteiger partial charge in [0, 0.05) is 13.2 Å². The van der Waals surface area contributed by atoms with Crippen molar-refractivity contribution in [2.24, 2.45) is 0 Å². The smallest absolute Gasteiger partial charge is 0.0463 e. The lowest BCUT2D eigenvalue weighted by molar-refractivity contribution is 0.135. The van der Waals surface area contributed by atoms with Gasteiger partial charge in [-0.05, 0) is 34.0 Å². The van der Waals surface area contributed by atoms with E-state index in [-0.39, 0.29) is 0 Å². The summed E-state index contributed by atoms with van der Waals surface area (Å²) in [5.41, 5.74) is 0. The number of hydrogen-bond acceptors (Lipinski definition) is 2. The third kappa shape index (κ3) is 40.5. The molecule has 0 aromatic rings. The molecular formula is C9H23NO. The quantitative estimate of drug-likeness (QED) is 0.585.